The van der Waals surface area contributed by atoms with Crippen molar-refractivity contribution in [1.29, 1.82) is 0 Å². The Morgan fingerprint density at radius 1 is 1.33 bits per heavy atom. The van der Waals surface area contributed by atoms with Gasteiger partial charge in [0.25, 0.3) is 0 Å². The van der Waals surface area contributed by atoms with Gasteiger partial charge < -0.3 is 4.90 Å². The molecule has 3 rings (SSSR count). The lowest BCUT2D eigenvalue weighted by Gasteiger charge is -2.29. The number of para-hydroxylation sites is 1. The Hall–Kier alpha value is -1.42. The van der Waals surface area contributed by atoms with Gasteiger partial charge in [-0.1, -0.05) is 34.1 Å². The van der Waals surface area contributed by atoms with E-state index in [0.29, 0.717) is 0 Å². The van der Waals surface area contributed by atoms with Crippen LogP contribution in [0.15, 0.2) is 36.5 Å². The predicted octanol–water partition coefficient (Wildman–Crippen LogP) is 3.13. The molecular weight excluding hydrogens is 292 g/mol. The first-order valence-corrected chi connectivity index (χ1v) is 6.97. The van der Waals surface area contributed by atoms with Crippen LogP contribution in [-0.2, 0) is 4.79 Å². The molecule has 3 nitrogen and oxygen atoms in total. The number of hydrogen-bond donors (Lipinski definition) is 0. The Balaban J connectivity index is 2.01. The lowest BCUT2D eigenvalue weighted by Crippen LogP contribution is -2.41. The van der Waals surface area contributed by atoms with Gasteiger partial charge in [0.05, 0.1) is 22.2 Å². The van der Waals surface area contributed by atoms with Crippen LogP contribution in [0.5, 0.6) is 0 Å². The van der Waals surface area contributed by atoms with Crippen molar-refractivity contribution in [1.82, 2.24) is 4.98 Å². The molecule has 1 saturated heterocycles. The molecule has 0 saturated carbocycles. The molecule has 0 spiro atoms. The van der Waals surface area contributed by atoms with Gasteiger partial charge in [-0.2, -0.15) is 0 Å². The minimum absolute atomic E-state index is 0.0577. The maximum Gasteiger partial charge on any atom is 0.240 e. The van der Waals surface area contributed by atoms with E-state index >= 15 is 0 Å². The van der Waals surface area contributed by atoms with Gasteiger partial charge in [0, 0.05) is 11.9 Å². The highest BCUT2D eigenvalue weighted by Crippen LogP contribution is 2.26. The van der Waals surface area contributed by atoms with Gasteiger partial charge in [-0.15, -0.1) is 0 Å². The molecule has 1 unspecified atom stereocenters. The summed E-state index contributed by atoms with van der Waals surface area (Å²) in [5, 5.41) is 1.07. The van der Waals surface area contributed by atoms with E-state index in [2.05, 4.69) is 20.9 Å². The predicted molar refractivity (Wildman–Crippen MR) is 76.0 cm³/mol. The zero-order chi connectivity index (χ0) is 12.5. The minimum Gasteiger partial charge on any atom is -0.310 e. The van der Waals surface area contributed by atoms with E-state index in [9.17, 15) is 4.79 Å². The van der Waals surface area contributed by atoms with Gasteiger partial charge in [0.2, 0.25) is 5.91 Å². The molecule has 0 radical (unpaired) electrons. The number of pyridine rings is 1. The number of nitrogens with zero attached hydrogens (tertiary/aromatic N) is 2. The van der Waals surface area contributed by atoms with E-state index in [1.807, 2.05) is 35.2 Å². The van der Waals surface area contributed by atoms with E-state index < -0.39 is 0 Å². The third kappa shape index (κ3) is 2.01. The molecule has 0 bridgehead atoms. The molecule has 1 fully saturated rings. The SMILES string of the molecule is O=C1C(Br)CCCN1c1cnc2ccccc2c1. The molecule has 92 valence electrons. The highest BCUT2D eigenvalue weighted by Gasteiger charge is 2.27. The first-order valence-electron chi connectivity index (χ1n) is 6.06. The Kier molecular flexibility index (Phi) is 3.04. The number of carbonyl (C=O) groups excluding carboxylic acids is 1. The quantitative estimate of drug-likeness (QED) is 0.758. The number of fused-ring (bicyclic) bond motifs is 1. The molecule has 2 aromatic rings. The zero-order valence-electron chi connectivity index (χ0n) is 9.84. The Bertz CT molecular complexity index is 599. The van der Waals surface area contributed by atoms with Gasteiger partial charge >= 0.3 is 0 Å². The van der Waals surface area contributed by atoms with Crippen LogP contribution in [0.25, 0.3) is 10.9 Å². The van der Waals surface area contributed by atoms with Gasteiger partial charge in [-0.05, 0) is 25.0 Å². The van der Waals surface area contributed by atoms with E-state index in [-0.39, 0.29) is 10.7 Å². The van der Waals surface area contributed by atoms with Crippen LogP contribution < -0.4 is 4.90 Å². The fourth-order valence-corrected chi connectivity index (χ4v) is 2.87. The molecule has 18 heavy (non-hydrogen) atoms. The highest BCUT2D eigenvalue weighted by molar-refractivity contribution is 9.10. The molecule has 2 heterocycles. The first kappa shape index (κ1) is 11.7. The third-order valence-corrected chi connectivity index (χ3v) is 4.11. The topological polar surface area (TPSA) is 33.2 Å². The number of amides is 1. The van der Waals surface area contributed by atoms with Gasteiger partial charge in [-0.25, -0.2) is 0 Å². The summed E-state index contributed by atoms with van der Waals surface area (Å²) in [5.41, 5.74) is 1.85. The summed E-state index contributed by atoms with van der Waals surface area (Å²) in [6.07, 6.45) is 3.72. The monoisotopic (exact) mass is 304 g/mol. The van der Waals surface area contributed by atoms with E-state index in [1.165, 1.54) is 0 Å². The average molecular weight is 305 g/mol. The van der Waals surface area contributed by atoms with Gasteiger partial charge in [0.15, 0.2) is 0 Å². The molecule has 0 N–H and O–H groups in total. The highest BCUT2D eigenvalue weighted by atomic mass is 79.9. The maximum atomic E-state index is 12.1. The van der Waals surface area contributed by atoms with Crippen molar-refractivity contribution in [2.75, 3.05) is 11.4 Å². The van der Waals surface area contributed by atoms with E-state index in [1.54, 1.807) is 6.20 Å². The van der Waals surface area contributed by atoms with Gasteiger partial charge in [-0.3, -0.25) is 9.78 Å². The van der Waals surface area contributed by atoms with Crippen molar-refractivity contribution in [2.24, 2.45) is 0 Å². The molecule has 4 heteroatoms. The van der Waals surface area contributed by atoms with Crippen molar-refractivity contribution >= 4 is 38.4 Å². The number of benzene rings is 1. The van der Waals surface area contributed by atoms with E-state index in [0.717, 1.165) is 36.0 Å². The summed E-state index contributed by atoms with van der Waals surface area (Å²) in [5.74, 6) is 0.137. The van der Waals surface area contributed by atoms with Crippen LogP contribution in [0.3, 0.4) is 0 Å². The third-order valence-electron chi connectivity index (χ3n) is 3.26. The first-order chi connectivity index (χ1) is 8.75. The standard InChI is InChI=1S/C14H13BrN2O/c15-12-5-3-7-17(14(12)18)11-8-10-4-1-2-6-13(10)16-9-11/h1-2,4,6,8-9,12H,3,5,7H2. The molecule has 1 atom stereocenters. The molecule has 1 aliphatic heterocycles. The van der Waals surface area contributed by atoms with Gasteiger partial charge in [0.1, 0.15) is 0 Å². The molecule has 1 amide bonds. The number of rotatable bonds is 1. The summed E-state index contributed by atoms with van der Waals surface area (Å²) >= 11 is 3.43. The zero-order valence-corrected chi connectivity index (χ0v) is 11.4. The minimum atomic E-state index is -0.0577. The summed E-state index contributed by atoms with van der Waals surface area (Å²) in [4.78, 5) is 18.3. The molecule has 1 aromatic carbocycles. The lowest BCUT2D eigenvalue weighted by atomic mass is 10.1. The number of aromatic nitrogens is 1. The van der Waals surface area contributed by atoms with Crippen molar-refractivity contribution < 1.29 is 4.79 Å². The van der Waals surface area contributed by atoms with E-state index in [4.69, 9.17) is 0 Å². The molecular formula is C14H13BrN2O. The fraction of sp³-hybridized carbons (Fsp3) is 0.286. The second kappa shape index (κ2) is 4.69. The Morgan fingerprint density at radius 2 is 2.17 bits per heavy atom. The second-order valence-corrected chi connectivity index (χ2v) is 5.59. The second-order valence-electron chi connectivity index (χ2n) is 4.49. The lowest BCUT2D eigenvalue weighted by molar-refractivity contribution is -0.118. The number of alkyl halides is 1. The number of anilines is 1. The van der Waals surface area contributed by atoms with Crippen LogP contribution in [0.1, 0.15) is 12.8 Å². The number of carbonyl (C=O) groups is 1. The fourth-order valence-electron chi connectivity index (χ4n) is 2.29. The largest absolute Gasteiger partial charge is 0.310 e. The molecule has 0 aliphatic carbocycles. The van der Waals surface area contributed by atoms with Crippen LogP contribution >= 0.6 is 15.9 Å². The van der Waals surface area contributed by atoms with Crippen LogP contribution in [0.2, 0.25) is 0 Å². The van der Waals surface area contributed by atoms with Crippen molar-refractivity contribution in [3.63, 3.8) is 0 Å². The summed E-state index contributed by atoms with van der Waals surface area (Å²) in [7, 11) is 0. The number of hydrogen-bond acceptors (Lipinski definition) is 2. The summed E-state index contributed by atoms with van der Waals surface area (Å²) in [6, 6.07) is 9.98. The van der Waals surface area contributed by atoms with Crippen molar-refractivity contribution in [2.45, 2.75) is 17.7 Å². The van der Waals surface area contributed by atoms with Crippen molar-refractivity contribution in [3.8, 4) is 0 Å². The molecule has 1 aliphatic rings. The number of halogens is 1. The maximum absolute atomic E-state index is 12.1. The smallest absolute Gasteiger partial charge is 0.240 e. The van der Waals surface area contributed by atoms with Crippen LogP contribution in [0.4, 0.5) is 5.69 Å². The normalized spacial score (nSPS) is 20.4. The molecule has 1 aromatic heterocycles. The Labute approximate surface area is 114 Å². The summed E-state index contributed by atoms with van der Waals surface area (Å²) < 4.78 is 0. The average Bonchev–Trinajstić information content (AvgIpc) is 2.41. The van der Waals surface area contributed by atoms with Crippen LogP contribution in [-0.4, -0.2) is 22.3 Å². The Morgan fingerprint density at radius 3 is 3.06 bits per heavy atom. The summed E-state index contributed by atoms with van der Waals surface area (Å²) in [6.45, 7) is 0.779. The number of piperidine rings is 1. The van der Waals surface area contributed by atoms with Crippen molar-refractivity contribution in [3.05, 3.63) is 36.5 Å². The van der Waals surface area contributed by atoms with Crippen LogP contribution in [0, 0.1) is 0 Å².